The van der Waals surface area contributed by atoms with Crippen LogP contribution in [-0.2, 0) is 0 Å². The van der Waals surface area contributed by atoms with Gasteiger partial charge in [0.25, 0.3) is 0 Å². The minimum absolute atomic E-state index is 0.239. The van der Waals surface area contributed by atoms with Crippen LogP contribution < -0.4 is 5.73 Å². The summed E-state index contributed by atoms with van der Waals surface area (Å²) >= 11 is 3.34. The maximum absolute atomic E-state index is 13.7. The lowest BCUT2D eigenvalue weighted by atomic mass is 9.99. The molecule has 0 atom stereocenters. The number of rotatable bonds is 1. The van der Waals surface area contributed by atoms with Crippen molar-refractivity contribution in [2.75, 3.05) is 5.73 Å². The van der Waals surface area contributed by atoms with E-state index in [0.717, 1.165) is 15.6 Å². The van der Waals surface area contributed by atoms with E-state index in [4.69, 9.17) is 5.73 Å². The third-order valence-corrected chi connectivity index (χ3v) is 3.09. The number of nitrogens with two attached hydrogens (primary N) is 1. The summed E-state index contributed by atoms with van der Waals surface area (Å²) in [5.41, 5.74) is 8.79. The summed E-state index contributed by atoms with van der Waals surface area (Å²) in [6, 6.07) is 10.4. The van der Waals surface area contributed by atoms with Gasteiger partial charge in [-0.15, -0.1) is 0 Å². The summed E-state index contributed by atoms with van der Waals surface area (Å²) in [6.07, 6.45) is 0. The van der Waals surface area contributed by atoms with Crippen molar-refractivity contribution < 1.29 is 4.39 Å². The van der Waals surface area contributed by atoms with Crippen molar-refractivity contribution in [3.05, 3.63) is 52.3 Å². The number of benzene rings is 2. The van der Waals surface area contributed by atoms with Gasteiger partial charge >= 0.3 is 0 Å². The van der Waals surface area contributed by atoms with Gasteiger partial charge in [0, 0.05) is 15.7 Å². The maximum Gasteiger partial charge on any atom is 0.131 e. The van der Waals surface area contributed by atoms with Gasteiger partial charge in [0.05, 0.1) is 0 Å². The molecule has 0 unspecified atom stereocenters. The van der Waals surface area contributed by atoms with E-state index in [-0.39, 0.29) is 5.82 Å². The number of halogens is 2. The molecule has 3 heteroatoms. The molecule has 16 heavy (non-hydrogen) atoms. The highest BCUT2D eigenvalue weighted by atomic mass is 79.9. The van der Waals surface area contributed by atoms with Crippen LogP contribution in [0.5, 0.6) is 0 Å². The van der Waals surface area contributed by atoms with Crippen LogP contribution in [0, 0.1) is 12.7 Å². The Morgan fingerprint density at radius 3 is 2.62 bits per heavy atom. The van der Waals surface area contributed by atoms with E-state index in [2.05, 4.69) is 15.9 Å². The van der Waals surface area contributed by atoms with Crippen molar-refractivity contribution in [3.63, 3.8) is 0 Å². The Hall–Kier alpha value is -1.35. The molecule has 0 aliphatic rings. The number of hydrogen-bond acceptors (Lipinski definition) is 1. The molecule has 0 aliphatic heterocycles. The molecule has 2 aromatic carbocycles. The third-order valence-electron chi connectivity index (χ3n) is 2.59. The zero-order chi connectivity index (χ0) is 11.7. The van der Waals surface area contributed by atoms with E-state index in [0.29, 0.717) is 11.3 Å². The molecule has 0 fully saturated rings. The molecule has 2 rings (SSSR count). The zero-order valence-corrected chi connectivity index (χ0v) is 10.4. The van der Waals surface area contributed by atoms with E-state index in [9.17, 15) is 4.39 Å². The number of hydrogen-bond donors (Lipinski definition) is 1. The molecule has 0 saturated carbocycles. The Balaban J connectivity index is 2.67. The molecule has 0 heterocycles. The largest absolute Gasteiger partial charge is 0.398 e. The van der Waals surface area contributed by atoms with Gasteiger partial charge in [-0.2, -0.15) is 0 Å². The molecule has 0 spiro atoms. The second-order valence-corrected chi connectivity index (χ2v) is 4.56. The van der Waals surface area contributed by atoms with Crippen LogP contribution in [0.3, 0.4) is 0 Å². The Morgan fingerprint density at radius 1 is 1.12 bits per heavy atom. The minimum Gasteiger partial charge on any atom is -0.398 e. The van der Waals surface area contributed by atoms with Crippen LogP contribution in [0.2, 0.25) is 0 Å². The number of anilines is 1. The Labute approximate surface area is 102 Å². The quantitative estimate of drug-likeness (QED) is 0.780. The normalized spacial score (nSPS) is 10.4. The standard InChI is InChI=1S/C13H11BrFN/c1-8-10(3-2-4-13(8)16)11-7-9(14)5-6-12(11)15/h2-7H,16H2,1H3. The summed E-state index contributed by atoms with van der Waals surface area (Å²) in [5.74, 6) is -0.239. The second-order valence-electron chi connectivity index (χ2n) is 3.64. The monoisotopic (exact) mass is 279 g/mol. The van der Waals surface area contributed by atoms with Crippen molar-refractivity contribution >= 4 is 21.6 Å². The summed E-state index contributed by atoms with van der Waals surface area (Å²) in [5, 5.41) is 0. The molecule has 0 amide bonds. The Morgan fingerprint density at radius 2 is 1.88 bits per heavy atom. The average molecular weight is 280 g/mol. The van der Waals surface area contributed by atoms with Crippen molar-refractivity contribution in [2.45, 2.75) is 6.92 Å². The van der Waals surface area contributed by atoms with E-state index < -0.39 is 0 Å². The van der Waals surface area contributed by atoms with Gasteiger partial charge < -0.3 is 5.73 Å². The highest BCUT2D eigenvalue weighted by Gasteiger charge is 2.09. The lowest BCUT2D eigenvalue weighted by Crippen LogP contribution is -1.93. The molecule has 1 nitrogen and oxygen atoms in total. The average Bonchev–Trinajstić information content (AvgIpc) is 2.26. The minimum atomic E-state index is -0.239. The summed E-state index contributed by atoms with van der Waals surface area (Å²) < 4.78 is 14.6. The molecular formula is C13H11BrFN. The van der Waals surface area contributed by atoms with Gasteiger partial charge in [-0.3, -0.25) is 0 Å². The smallest absolute Gasteiger partial charge is 0.131 e. The van der Waals surface area contributed by atoms with Gasteiger partial charge in [0.15, 0.2) is 0 Å². The van der Waals surface area contributed by atoms with Crippen LogP contribution in [0.25, 0.3) is 11.1 Å². The fraction of sp³-hybridized carbons (Fsp3) is 0.0769. The lowest BCUT2D eigenvalue weighted by molar-refractivity contribution is 0.631. The molecule has 82 valence electrons. The van der Waals surface area contributed by atoms with Crippen molar-refractivity contribution in [1.29, 1.82) is 0 Å². The van der Waals surface area contributed by atoms with Crippen LogP contribution in [-0.4, -0.2) is 0 Å². The Bertz CT molecular complexity index is 537. The Kier molecular flexibility index (Phi) is 2.97. The van der Waals surface area contributed by atoms with Gasteiger partial charge in [-0.1, -0.05) is 28.1 Å². The topological polar surface area (TPSA) is 26.0 Å². The van der Waals surface area contributed by atoms with E-state index in [1.807, 2.05) is 25.1 Å². The van der Waals surface area contributed by atoms with E-state index in [1.54, 1.807) is 12.1 Å². The molecule has 0 aliphatic carbocycles. The predicted octanol–water partition coefficient (Wildman–Crippen LogP) is 4.15. The van der Waals surface area contributed by atoms with Crippen molar-refractivity contribution in [3.8, 4) is 11.1 Å². The first-order valence-corrected chi connectivity index (χ1v) is 5.69. The van der Waals surface area contributed by atoms with Crippen molar-refractivity contribution in [1.82, 2.24) is 0 Å². The summed E-state index contributed by atoms with van der Waals surface area (Å²) in [4.78, 5) is 0. The molecule has 2 aromatic rings. The van der Waals surface area contributed by atoms with Crippen LogP contribution in [0.4, 0.5) is 10.1 Å². The van der Waals surface area contributed by atoms with Crippen LogP contribution in [0.15, 0.2) is 40.9 Å². The third kappa shape index (κ3) is 1.95. The predicted molar refractivity (Wildman–Crippen MR) is 68.7 cm³/mol. The van der Waals surface area contributed by atoms with E-state index in [1.165, 1.54) is 6.07 Å². The molecule has 0 radical (unpaired) electrons. The second kappa shape index (κ2) is 4.26. The first-order valence-electron chi connectivity index (χ1n) is 4.90. The lowest BCUT2D eigenvalue weighted by Gasteiger charge is -2.09. The first kappa shape index (κ1) is 11.1. The molecule has 0 saturated heterocycles. The highest BCUT2D eigenvalue weighted by molar-refractivity contribution is 9.10. The van der Waals surface area contributed by atoms with Gasteiger partial charge in [0.2, 0.25) is 0 Å². The molecule has 2 N–H and O–H groups in total. The van der Waals surface area contributed by atoms with Gasteiger partial charge in [-0.05, 0) is 42.3 Å². The molecule has 0 aromatic heterocycles. The molecular weight excluding hydrogens is 269 g/mol. The fourth-order valence-corrected chi connectivity index (χ4v) is 2.01. The number of nitrogen functional groups attached to an aromatic ring is 1. The molecule has 0 bridgehead atoms. The van der Waals surface area contributed by atoms with Crippen molar-refractivity contribution in [2.24, 2.45) is 0 Å². The SMILES string of the molecule is Cc1c(N)cccc1-c1cc(Br)ccc1F. The fourth-order valence-electron chi connectivity index (χ4n) is 1.65. The first-order chi connectivity index (χ1) is 7.59. The summed E-state index contributed by atoms with van der Waals surface area (Å²) in [7, 11) is 0. The zero-order valence-electron chi connectivity index (χ0n) is 8.80. The van der Waals surface area contributed by atoms with E-state index >= 15 is 0 Å². The summed E-state index contributed by atoms with van der Waals surface area (Å²) in [6.45, 7) is 1.89. The maximum atomic E-state index is 13.7. The van der Waals surface area contributed by atoms with Crippen LogP contribution in [0.1, 0.15) is 5.56 Å². The highest BCUT2D eigenvalue weighted by Crippen LogP contribution is 2.30. The van der Waals surface area contributed by atoms with Crippen LogP contribution >= 0.6 is 15.9 Å². The van der Waals surface area contributed by atoms with Gasteiger partial charge in [-0.25, -0.2) is 4.39 Å². The van der Waals surface area contributed by atoms with Gasteiger partial charge in [0.1, 0.15) is 5.82 Å².